The molecule has 0 saturated carbocycles. The number of phenolic OH excluding ortho intramolecular Hbond substituents is 1. The Morgan fingerprint density at radius 1 is 1.18 bits per heavy atom. The number of aliphatic hydroxyl groups excluding tert-OH is 1. The number of aromatic amines is 2. The third kappa shape index (κ3) is 4.10. The molecule has 176 valence electrons. The molecular weight excluding hydrogens is 433 g/mol. The predicted octanol–water partition coefficient (Wildman–Crippen LogP) is 4.50. The van der Waals surface area contributed by atoms with Crippen molar-refractivity contribution in [2.45, 2.75) is 26.2 Å². The molecule has 4 N–H and O–H groups in total. The Morgan fingerprint density at radius 3 is 2.79 bits per heavy atom. The van der Waals surface area contributed by atoms with Gasteiger partial charge in [-0.05, 0) is 54.2 Å². The first kappa shape index (κ1) is 22.3. The van der Waals surface area contributed by atoms with Crippen LogP contribution in [0.4, 0.5) is 4.39 Å². The minimum atomic E-state index is -0.374. The fourth-order valence-electron chi connectivity index (χ4n) is 4.63. The van der Waals surface area contributed by atoms with Crippen molar-refractivity contribution in [2.75, 3.05) is 26.2 Å². The number of aromatic hydroxyl groups is 1. The number of imidazole rings is 1. The number of fused-ring (bicyclic) bond motifs is 1. The molecule has 5 rings (SSSR count). The molecule has 2 aromatic carbocycles. The molecule has 7 nitrogen and oxygen atoms in total. The predicted molar refractivity (Wildman–Crippen MR) is 131 cm³/mol. The summed E-state index contributed by atoms with van der Waals surface area (Å²) in [6.07, 6.45) is 6.41. The minimum Gasteiger partial charge on any atom is -0.508 e. The van der Waals surface area contributed by atoms with Crippen molar-refractivity contribution >= 4 is 16.5 Å². The average molecular weight is 462 g/mol. The van der Waals surface area contributed by atoms with Crippen LogP contribution in [0.2, 0.25) is 0 Å². The van der Waals surface area contributed by atoms with Crippen LogP contribution in [0.1, 0.15) is 31.0 Å². The molecule has 4 aromatic rings. The van der Waals surface area contributed by atoms with E-state index in [1.54, 1.807) is 24.3 Å². The lowest BCUT2D eigenvalue weighted by molar-refractivity contribution is 0.236. The summed E-state index contributed by atoms with van der Waals surface area (Å²) in [6.45, 7) is 4.86. The number of aromatic nitrogens is 4. The lowest BCUT2D eigenvalue weighted by Gasteiger charge is -2.25. The molecule has 0 fully saturated rings. The Hall–Kier alpha value is -3.49. The summed E-state index contributed by atoms with van der Waals surface area (Å²) in [5.74, 6) is 0.391. The molecule has 0 amide bonds. The topological polar surface area (TPSA) is 101 Å². The van der Waals surface area contributed by atoms with Crippen molar-refractivity contribution in [3.8, 4) is 28.4 Å². The number of rotatable bonds is 7. The van der Waals surface area contributed by atoms with Crippen LogP contribution in [0, 0.1) is 5.82 Å². The highest BCUT2D eigenvalue weighted by atomic mass is 19.1. The standard InChI is InChI=1S/C26H28FN5O2/c1-2-16-14-18(34)4-5-19(16)20-6-7-21-24(23(20)27)30-31-25(21)26-28-15-22(29-26)17-8-11-32(12-9-17)10-3-13-33/h4-8,14-15,33-34H,2-3,9-13H2,1H3,(H,28,29)(H,30,31). The highest BCUT2D eigenvalue weighted by molar-refractivity contribution is 5.94. The molecule has 8 heteroatoms. The van der Waals surface area contributed by atoms with E-state index in [0.717, 1.165) is 49.3 Å². The zero-order valence-electron chi connectivity index (χ0n) is 19.1. The maximum absolute atomic E-state index is 15.5. The molecule has 0 radical (unpaired) electrons. The van der Waals surface area contributed by atoms with E-state index in [2.05, 4.69) is 26.2 Å². The van der Waals surface area contributed by atoms with E-state index in [1.165, 1.54) is 5.57 Å². The maximum Gasteiger partial charge on any atom is 0.159 e. The summed E-state index contributed by atoms with van der Waals surface area (Å²) < 4.78 is 15.5. The molecule has 1 aliphatic rings. The van der Waals surface area contributed by atoms with Gasteiger partial charge in [0.15, 0.2) is 11.6 Å². The molecular formula is C26H28FN5O2. The highest BCUT2D eigenvalue weighted by Crippen LogP contribution is 2.35. The second-order valence-corrected chi connectivity index (χ2v) is 8.61. The molecule has 0 bridgehead atoms. The van der Waals surface area contributed by atoms with Gasteiger partial charge >= 0.3 is 0 Å². The van der Waals surface area contributed by atoms with E-state index >= 15 is 4.39 Å². The second-order valence-electron chi connectivity index (χ2n) is 8.61. The van der Waals surface area contributed by atoms with Crippen molar-refractivity contribution in [1.29, 1.82) is 0 Å². The Morgan fingerprint density at radius 2 is 2.03 bits per heavy atom. The van der Waals surface area contributed by atoms with Crippen molar-refractivity contribution in [3.05, 3.63) is 59.7 Å². The summed E-state index contributed by atoms with van der Waals surface area (Å²) in [4.78, 5) is 10.3. The summed E-state index contributed by atoms with van der Waals surface area (Å²) in [5.41, 5.74) is 5.07. The van der Waals surface area contributed by atoms with Crippen LogP contribution in [0.5, 0.6) is 5.75 Å². The number of H-pyrrole nitrogens is 2. The fraction of sp³-hybridized carbons (Fsp3) is 0.308. The second kappa shape index (κ2) is 9.40. The quantitative estimate of drug-likeness (QED) is 0.325. The van der Waals surface area contributed by atoms with Gasteiger partial charge in [0.05, 0.1) is 5.69 Å². The summed E-state index contributed by atoms with van der Waals surface area (Å²) in [7, 11) is 0. The SMILES string of the molecule is CCc1cc(O)ccc1-c1ccc2c(-c3nc(C4=CCN(CCCO)CC4)c[nH]3)n[nH]c2c1F. The molecule has 34 heavy (non-hydrogen) atoms. The summed E-state index contributed by atoms with van der Waals surface area (Å²) in [6, 6.07) is 8.62. The molecule has 1 aliphatic heterocycles. The van der Waals surface area contributed by atoms with E-state index in [-0.39, 0.29) is 18.2 Å². The van der Waals surface area contributed by atoms with Gasteiger partial charge < -0.3 is 15.2 Å². The Bertz CT molecular complexity index is 1360. The van der Waals surface area contributed by atoms with Gasteiger partial charge in [0, 0.05) is 43.4 Å². The van der Waals surface area contributed by atoms with Crippen molar-refractivity contribution in [2.24, 2.45) is 0 Å². The lowest BCUT2D eigenvalue weighted by atomic mass is 9.96. The van der Waals surface area contributed by atoms with Crippen LogP contribution in [0.3, 0.4) is 0 Å². The lowest BCUT2D eigenvalue weighted by Crippen LogP contribution is -2.29. The van der Waals surface area contributed by atoms with Crippen LogP contribution in [-0.2, 0) is 6.42 Å². The summed E-state index contributed by atoms with van der Waals surface area (Å²) >= 11 is 0. The first-order valence-corrected chi connectivity index (χ1v) is 11.7. The largest absolute Gasteiger partial charge is 0.508 e. The highest BCUT2D eigenvalue weighted by Gasteiger charge is 2.20. The fourth-order valence-corrected chi connectivity index (χ4v) is 4.63. The van der Waals surface area contributed by atoms with Gasteiger partial charge in [0.25, 0.3) is 0 Å². The van der Waals surface area contributed by atoms with Gasteiger partial charge in [-0.2, -0.15) is 5.10 Å². The number of halogens is 1. The molecule has 0 aliphatic carbocycles. The van der Waals surface area contributed by atoms with Gasteiger partial charge in [-0.15, -0.1) is 0 Å². The number of hydrogen-bond acceptors (Lipinski definition) is 5. The molecule has 3 heterocycles. The normalized spacial score (nSPS) is 14.6. The van der Waals surface area contributed by atoms with Gasteiger partial charge in [-0.3, -0.25) is 10.00 Å². The van der Waals surface area contributed by atoms with Crippen LogP contribution in [0.25, 0.3) is 39.1 Å². The van der Waals surface area contributed by atoms with Crippen LogP contribution < -0.4 is 0 Å². The smallest absolute Gasteiger partial charge is 0.159 e. The van der Waals surface area contributed by atoms with Gasteiger partial charge in [-0.25, -0.2) is 9.37 Å². The Labute approximate surface area is 197 Å². The first-order chi connectivity index (χ1) is 16.6. The molecule has 0 atom stereocenters. The molecule has 0 unspecified atom stereocenters. The third-order valence-corrected chi connectivity index (χ3v) is 6.49. The zero-order valence-corrected chi connectivity index (χ0v) is 19.1. The van der Waals surface area contributed by atoms with Crippen LogP contribution in [-0.4, -0.2) is 61.5 Å². The molecule has 0 spiro atoms. The Kier molecular flexibility index (Phi) is 6.17. The average Bonchev–Trinajstić information content (AvgIpc) is 3.51. The van der Waals surface area contributed by atoms with E-state index in [0.29, 0.717) is 34.4 Å². The number of phenols is 1. The summed E-state index contributed by atoms with van der Waals surface area (Å²) in [5, 5.41) is 26.7. The van der Waals surface area contributed by atoms with E-state index in [4.69, 9.17) is 10.1 Å². The molecule has 0 saturated heterocycles. The van der Waals surface area contributed by atoms with Crippen molar-refractivity contribution in [3.63, 3.8) is 0 Å². The number of nitrogens with one attached hydrogen (secondary N) is 2. The van der Waals surface area contributed by atoms with E-state index < -0.39 is 0 Å². The van der Waals surface area contributed by atoms with Crippen LogP contribution in [0.15, 0.2) is 42.6 Å². The third-order valence-electron chi connectivity index (χ3n) is 6.49. The van der Waals surface area contributed by atoms with Gasteiger partial charge in [0.2, 0.25) is 0 Å². The van der Waals surface area contributed by atoms with Crippen molar-refractivity contribution < 1.29 is 14.6 Å². The maximum atomic E-state index is 15.5. The van der Waals surface area contributed by atoms with E-state index in [1.807, 2.05) is 19.2 Å². The van der Waals surface area contributed by atoms with Crippen LogP contribution >= 0.6 is 0 Å². The van der Waals surface area contributed by atoms with Gasteiger partial charge in [-0.1, -0.05) is 25.1 Å². The minimum absolute atomic E-state index is 0.172. The number of aliphatic hydroxyl groups is 1. The zero-order chi connectivity index (χ0) is 23.7. The number of nitrogens with zero attached hydrogens (tertiary/aromatic N) is 3. The van der Waals surface area contributed by atoms with Crippen molar-refractivity contribution in [1.82, 2.24) is 25.1 Å². The molecule has 2 aromatic heterocycles. The van der Waals surface area contributed by atoms with E-state index in [9.17, 15) is 5.11 Å². The van der Waals surface area contributed by atoms with Gasteiger partial charge in [0.1, 0.15) is 17.0 Å². The monoisotopic (exact) mass is 461 g/mol. The number of hydrogen-bond donors (Lipinski definition) is 4. The number of aryl methyl sites for hydroxylation is 1. The number of benzene rings is 2. The Balaban J connectivity index is 1.44. The first-order valence-electron chi connectivity index (χ1n) is 11.7.